The Balaban J connectivity index is 1.44. The Labute approximate surface area is 167 Å². The summed E-state index contributed by atoms with van der Waals surface area (Å²) in [4.78, 5) is 6.18. The summed E-state index contributed by atoms with van der Waals surface area (Å²) in [5.74, 6) is 0. The first kappa shape index (κ1) is 19.2. The van der Waals surface area contributed by atoms with Gasteiger partial charge in [-0.2, -0.15) is 4.31 Å². The molecule has 1 N–H and O–H groups in total. The minimum Gasteiger partial charge on any atom is -0.358 e. The molecule has 0 aliphatic carbocycles. The number of piperazine rings is 1. The lowest BCUT2D eigenvalue weighted by atomic mass is 10.1. The fourth-order valence-corrected chi connectivity index (χ4v) is 5.36. The molecule has 4 rings (SSSR count). The number of aromatic amines is 1. The molecule has 0 atom stereocenters. The summed E-state index contributed by atoms with van der Waals surface area (Å²) in [5.41, 5.74) is 4.80. The molecule has 1 aliphatic rings. The molecule has 0 saturated carbocycles. The predicted octanol–water partition coefficient (Wildman–Crippen LogP) is 3.55. The van der Waals surface area contributed by atoms with Crippen molar-refractivity contribution in [2.24, 2.45) is 0 Å². The zero-order valence-electron chi connectivity index (χ0n) is 16.5. The molecule has 0 unspecified atom stereocenters. The fourth-order valence-electron chi connectivity index (χ4n) is 3.94. The minimum absolute atomic E-state index is 0.394. The molecule has 1 saturated heterocycles. The molecule has 3 aromatic rings. The van der Waals surface area contributed by atoms with Crippen molar-refractivity contribution in [1.82, 2.24) is 14.2 Å². The molecule has 0 bridgehead atoms. The Bertz CT molecular complexity index is 1060. The second-order valence-corrected chi connectivity index (χ2v) is 9.39. The van der Waals surface area contributed by atoms with E-state index in [1.165, 1.54) is 16.6 Å². The van der Waals surface area contributed by atoms with E-state index >= 15 is 0 Å². The van der Waals surface area contributed by atoms with Gasteiger partial charge in [-0.3, -0.25) is 4.90 Å². The molecular formula is C22H27N3O2S. The number of H-pyrrole nitrogens is 1. The van der Waals surface area contributed by atoms with Gasteiger partial charge in [0.1, 0.15) is 0 Å². The van der Waals surface area contributed by atoms with Crippen LogP contribution in [0.15, 0.2) is 53.4 Å². The highest BCUT2D eigenvalue weighted by molar-refractivity contribution is 7.89. The molecule has 2 aromatic carbocycles. The number of aromatic nitrogens is 1. The summed E-state index contributed by atoms with van der Waals surface area (Å²) in [6.07, 6.45) is 0.909. The zero-order chi connectivity index (χ0) is 19.7. The second-order valence-electron chi connectivity index (χ2n) is 7.45. The van der Waals surface area contributed by atoms with Crippen molar-refractivity contribution in [1.29, 1.82) is 0 Å². The molecule has 5 nitrogen and oxygen atoms in total. The SMILES string of the molecule is CCc1ccc(S(=O)(=O)N2CCN(Cc3c(C)[nH]c4ccccc34)CC2)cc1. The lowest BCUT2D eigenvalue weighted by Crippen LogP contribution is -2.48. The number of hydrogen-bond donors (Lipinski definition) is 1. The van der Waals surface area contributed by atoms with Gasteiger partial charge in [-0.05, 0) is 42.7 Å². The van der Waals surface area contributed by atoms with Gasteiger partial charge >= 0.3 is 0 Å². The highest BCUT2D eigenvalue weighted by Gasteiger charge is 2.28. The molecule has 0 amide bonds. The lowest BCUT2D eigenvalue weighted by molar-refractivity contribution is 0.182. The van der Waals surface area contributed by atoms with Crippen LogP contribution in [0.25, 0.3) is 10.9 Å². The maximum atomic E-state index is 12.9. The first-order chi connectivity index (χ1) is 13.5. The molecule has 148 valence electrons. The number of aryl methyl sites for hydroxylation is 2. The second kappa shape index (κ2) is 7.70. The summed E-state index contributed by atoms with van der Waals surface area (Å²) < 4.78 is 27.5. The summed E-state index contributed by atoms with van der Waals surface area (Å²) in [7, 11) is -3.41. The van der Waals surface area contributed by atoms with Gasteiger partial charge in [0.15, 0.2) is 0 Å². The van der Waals surface area contributed by atoms with Crippen molar-refractivity contribution < 1.29 is 8.42 Å². The van der Waals surface area contributed by atoms with Crippen LogP contribution in [0, 0.1) is 6.92 Å². The van der Waals surface area contributed by atoms with E-state index in [1.54, 1.807) is 16.4 Å². The van der Waals surface area contributed by atoms with Crippen LogP contribution in [-0.4, -0.2) is 48.8 Å². The van der Waals surface area contributed by atoms with Gasteiger partial charge in [-0.15, -0.1) is 0 Å². The molecule has 1 aromatic heterocycles. The third-order valence-electron chi connectivity index (χ3n) is 5.71. The topological polar surface area (TPSA) is 56.4 Å². The van der Waals surface area contributed by atoms with Crippen LogP contribution in [0.2, 0.25) is 0 Å². The van der Waals surface area contributed by atoms with E-state index in [9.17, 15) is 8.42 Å². The largest absolute Gasteiger partial charge is 0.358 e. The van der Waals surface area contributed by atoms with Crippen LogP contribution >= 0.6 is 0 Å². The number of hydrogen-bond acceptors (Lipinski definition) is 3. The van der Waals surface area contributed by atoms with Crippen molar-refractivity contribution >= 4 is 20.9 Å². The molecule has 1 aliphatic heterocycles. The lowest BCUT2D eigenvalue weighted by Gasteiger charge is -2.34. The predicted molar refractivity (Wildman–Crippen MR) is 113 cm³/mol. The van der Waals surface area contributed by atoms with Gasteiger partial charge < -0.3 is 4.98 Å². The Morgan fingerprint density at radius 2 is 1.64 bits per heavy atom. The van der Waals surface area contributed by atoms with Crippen molar-refractivity contribution in [2.75, 3.05) is 26.2 Å². The number of sulfonamides is 1. The van der Waals surface area contributed by atoms with Gasteiger partial charge in [0.05, 0.1) is 4.90 Å². The average Bonchev–Trinajstić information content (AvgIpc) is 3.04. The maximum absolute atomic E-state index is 12.9. The van der Waals surface area contributed by atoms with Crippen molar-refractivity contribution in [3.05, 3.63) is 65.4 Å². The van der Waals surface area contributed by atoms with E-state index in [4.69, 9.17) is 0 Å². The Kier molecular flexibility index (Phi) is 5.27. The van der Waals surface area contributed by atoms with Crippen LogP contribution in [-0.2, 0) is 23.0 Å². The highest BCUT2D eigenvalue weighted by Crippen LogP contribution is 2.25. The van der Waals surface area contributed by atoms with Crippen LogP contribution in [0.5, 0.6) is 0 Å². The summed E-state index contributed by atoms with van der Waals surface area (Å²) in [5, 5.41) is 1.26. The standard InChI is InChI=1S/C22H27N3O2S/c1-3-18-8-10-19(11-9-18)28(26,27)25-14-12-24(13-15-25)16-21-17(2)23-22-7-5-4-6-20(21)22/h4-11,23H,3,12-16H2,1-2H3. The smallest absolute Gasteiger partial charge is 0.243 e. The molecule has 28 heavy (non-hydrogen) atoms. The molecular weight excluding hydrogens is 370 g/mol. The molecule has 0 radical (unpaired) electrons. The summed E-state index contributed by atoms with van der Waals surface area (Å²) in [6.45, 7) is 7.55. The Morgan fingerprint density at radius 3 is 2.32 bits per heavy atom. The van der Waals surface area contributed by atoms with Gasteiger partial charge in [0.25, 0.3) is 0 Å². The third kappa shape index (κ3) is 3.60. The van der Waals surface area contributed by atoms with E-state index in [-0.39, 0.29) is 0 Å². The number of para-hydroxylation sites is 1. The number of rotatable bonds is 5. The van der Waals surface area contributed by atoms with E-state index in [0.29, 0.717) is 18.0 Å². The van der Waals surface area contributed by atoms with Crippen LogP contribution in [0.3, 0.4) is 0 Å². The Morgan fingerprint density at radius 1 is 0.964 bits per heavy atom. The highest BCUT2D eigenvalue weighted by atomic mass is 32.2. The Hall–Kier alpha value is -2.15. The van der Waals surface area contributed by atoms with Crippen LogP contribution in [0.1, 0.15) is 23.7 Å². The van der Waals surface area contributed by atoms with Gasteiger partial charge in [-0.1, -0.05) is 37.3 Å². The number of nitrogens with one attached hydrogen (secondary N) is 1. The minimum atomic E-state index is -3.41. The normalized spacial score (nSPS) is 16.6. The monoisotopic (exact) mass is 397 g/mol. The first-order valence-corrected chi connectivity index (χ1v) is 11.3. The average molecular weight is 398 g/mol. The van der Waals surface area contributed by atoms with Crippen molar-refractivity contribution in [3.8, 4) is 0 Å². The van der Waals surface area contributed by atoms with E-state index < -0.39 is 10.0 Å². The van der Waals surface area contributed by atoms with Gasteiger partial charge in [0.2, 0.25) is 10.0 Å². The quantitative estimate of drug-likeness (QED) is 0.716. The third-order valence-corrected chi connectivity index (χ3v) is 7.62. The number of fused-ring (bicyclic) bond motifs is 1. The van der Waals surface area contributed by atoms with E-state index in [1.807, 2.05) is 18.2 Å². The summed E-state index contributed by atoms with van der Waals surface area (Å²) in [6, 6.07) is 15.6. The number of benzene rings is 2. The fraction of sp³-hybridized carbons (Fsp3) is 0.364. The van der Waals surface area contributed by atoms with Gasteiger partial charge in [0, 0.05) is 49.3 Å². The molecule has 0 spiro atoms. The van der Waals surface area contributed by atoms with Crippen LogP contribution < -0.4 is 0 Å². The first-order valence-electron chi connectivity index (χ1n) is 9.86. The maximum Gasteiger partial charge on any atom is 0.243 e. The van der Waals surface area contributed by atoms with E-state index in [0.717, 1.165) is 37.1 Å². The van der Waals surface area contributed by atoms with Crippen LogP contribution in [0.4, 0.5) is 0 Å². The van der Waals surface area contributed by atoms with Crippen molar-refractivity contribution in [3.63, 3.8) is 0 Å². The van der Waals surface area contributed by atoms with Crippen molar-refractivity contribution in [2.45, 2.75) is 31.7 Å². The molecule has 6 heteroatoms. The number of nitrogens with zero attached hydrogens (tertiary/aromatic N) is 2. The molecule has 1 fully saturated rings. The van der Waals surface area contributed by atoms with Gasteiger partial charge in [-0.25, -0.2) is 8.42 Å². The summed E-state index contributed by atoms with van der Waals surface area (Å²) >= 11 is 0. The van der Waals surface area contributed by atoms with E-state index in [2.05, 4.69) is 41.9 Å². The molecule has 2 heterocycles. The zero-order valence-corrected chi connectivity index (χ0v) is 17.3.